The topological polar surface area (TPSA) is 55.1 Å². The van der Waals surface area contributed by atoms with Crippen LogP contribution in [0.1, 0.15) is 19.8 Å². The Morgan fingerprint density at radius 3 is 2.71 bits per heavy atom. The van der Waals surface area contributed by atoms with E-state index in [-0.39, 0.29) is 11.8 Å². The third-order valence-electron chi connectivity index (χ3n) is 2.59. The van der Waals surface area contributed by atoms with Gasteiger partial charge in [-0.3, -0.25) is 4.79 Å². The van der Waals surface area contributed by atoms with Crippen LogP contribution in [0.5, 0.6) is 0 Å². The number of halogens is 2. The highest BCUT2D eigenvalue weighted by molar-refractivity contribution is 9.11. The number of hydrogen-bond acceptors (Lipinski definition) is 2. The molecule has 0 radical (unpaired) electrons. The molecule has 5 heteroatoms. The van der Waals surface area contributed by atoms with Gasteiger partial charge in [0.2, 0.25) is 5.91 Å². The summed E-state index contributed by atoms with van der Waals surface area (Å²) in [6, 6.07) is 5.64. The summed E-state index contributed by atoms with van der Waals surface area (Å²) in [6.45, 7) is 2.59. The minimum Gasteiger partial charge on any atom is -0.330 e. The van der Waals surface area contributed by atoms with Crippen molar-refractivity contribution in [1.29, 1.82) is 0 Å². The van der Waals surface area contributed by atoms with E-state index >= 15 is 0 Å². The second-order valence-corrected chi connectivity index (χ2v) is 5.66. The molecule has 3 nitrogen and oxygen atoms in total. The average Bonchev–Trinajstić information content (AvgIpc) is 2.29. The fourth-order valence-corrected chi connectivity index (χ4v) is 2.59. The number of benzene rings is 1. The zero-order chi connectivity index (χ0) is 12.8. The third-order valence-corrected chi connectivity index (χ3v) is 3.74. The third kappa shape index (κ3) is 4.77. The Labute approximate surface area is 118 Å². The Balaban J connectivity index is 2.62. The van der Waals surface area contributed by atoms with E-state index in [0.29, 0.717) is 13.0 Å². The van der Waals surface area contributed by atoms with Gasteiger partial charge in [-0.05, 0) is 46.6 Å². The molecule has 1 amide bonds. The monoisotopic (exact) mass is 362 g/mol. The summed E-state index contributed by atoms with van der Waals surface area (Å²) < 4.78 is 1.83. The summed E-state index contributed by atoms with van der Waals surface area (Å²) in [5.41, 5.74) is 6.36. The van der Waals surface area contributed by atoms with Crippen molar-refractivity contribution in [3.8, 4) is 0 Å². The predicted octanol–water partition coefficient (Wildman–Crippen LogP) is 3.53. The van der Waals surface area contributed by atoms with Crippen LogP contribution in [0.4, 0.5) is 5.69 Å². The molecule has 0 aliphatic heterocycles. The van der Waals surface area contributed by atoms with Crippen LogP contribution in [0.25, 0.3) is 0 Å². The summed E-state index contributed by atoms with van der Waals surface area (Å²) in [5, 5.41) is 2.87. The lowest BCUT2D eigenvalue weighted by Gasteiger charge is -2.12. The largest absolute Gasteiger partial charge is 0.330 e. The molecular formula is C12H16Br2N2O. The number of carbonyl (C=O) groups excluding carboxylic acids is 1. The molecule has 0 heterocycles. The molecule has 17 heavy (non-hydrogen) atoms. The Morgan fingerprint density at radius 1 is 1.47 bits per heavy atom. The van der Waals surface area contributed by atoms with E-state index in [2.05, 4.69) is 37.2 Å². The summed E-state index contributed by atoms with van der Waals surface area (Å²) in [4.78, 5) is 11.8. The van der Waals surface area contributed by atoms with Gasteiger partial charge in [0.15, 0.2) is 0 Å². The van der Waals surface area contributed by atoms with Crippen LogP contribution in [-0.2, 0) is 4.79 Å². The van der Waals surface area contributed by atoms with Crippen LogP contribution < -0.4 is 11.1 Å². The Morgan fingerprint density at radius 2 is 2.18 bits per heavy atom. The smallest absolute Gasteiger partial charge is 0.224 e. The highest BCUT2D eigenvalue weighted by atomic mass is 79.9. The fraction of sp³-hybridized carbons (Fsp3) is 0.417. The standard InChI is InChI=1S/C12H16Br2N2O/c1-2-8(7-15)5-12(17)16-11-4-3-9(13)6-10(11)14/h3-4,6,8H,2,5,7,15H2,1H3,(H,16,17). The molecular weight excluding hydrogens is 348 g/mol. The van der Waals surface area contributed by atoms with Gasteiger partial charge in [-0.2, -0.15) is 0 Å². The first-order valence-corrected chi connectivity index (χ1v) is 7.10. The molecule has 0 fully saturated rings. The minimum absolute atomic E-state index is 0.00493. The van der Waals surface area contributed by atoms with Gasteiger partial charge in [0.05, 0.1) is 5.69 Å². The number of hydrogen-bond donors (Lipinski definition) is 2. The first-order chi connectivity index (χ1) is 8.06. The summed E-state index contributed by atoms with van der Waals surface area (Å²) in [6.07, 6.45) is 1.39. The van der Waals surface area contributed by atoms with Gasteiger partial charge in [-0.25, -0.2) is 0 Å². The maximum absolute atomic E-state index is 11.8. The molecule has 0 saturated carbocycles. The summed E-state index contributed by atoms with van der Waals surface area (Å²) >= 11 is 6.77. The van der Waals surface area contributed by atoms with Crippen LogP contribution in [0.2, 0.25) is 0 Å². The van der Waals surface area contributed by atoms with Gasteiger partial charge in [0.1, 0.15) is 0 Å². The zero-order valence-corrected chi connectivity index (χ0v) is 12.8. The maximum atomic E-state index is 11.8. The molecule has 1 rings (SSSR count). The number of anilines is 1. The molecule has 1 unspecified atom stereocenters. The molecule has 0 spiro atoms. The molecule has 0 aliphatic carbocycles. The molecule has 1 aromatic rings. The van der Waals surface area contributed by atoms with E-state index in [1.165, 1.54) is 0 Å². The van der Waals surface area contributed by atoms with Crippen LogP contribution in [0, 0.1) is 5.92 Å². The predicted molar refractivity (Wildman–Crippen MR) is 77.9 cm³/mol. The molecule has 0 saturated heterocycles. The number of carbonyl (C=O) groups is 1. The van der Waals surface area contributed by atoms with Crippen LogP contribution in [-0.4, -0.2) is 12.5 Å². The Bertz CT molecular complexity index is 392. The molecule has 94 valence electrons. The Hall–Kier alpha value is -0.390. The summed E-state index contributed by atoms with van der Waals surface area (Å²) in [7, 11) is 0. The first-order valence-electron chi connectivity index (χ1n) is 5.51. The summed E-state index contributed by atoms with van der Waals surface area (Å²) in [5.74, 6) is 0.259. The lowest BCUT2D eigenvalue weighted by molar-refractivity contribution is -0.117. The number of amides is 1. The van der Waals surface area contributed by atoms with Crippen molar-refractivity contribution < 1.29 is 4.79 Å². The number of nitrogens with one attached hydrogen (secondary N) is 1. The van der Waals surface area contributed by atoms with Crippen molar-refractivity contribution in [3.63, 3.8) is 0 Å². The van der Waals surface area contributed by atoms with Crippen molar-refractivity contribution in [3.05, 3.63) is 27.1 Å². The van der Waals surface area contributed by atoms with Crippen LogP contribution in [0.3, 0.4) is 0 Å². The van der Waals surface area contributed by atoms with Crippen molar-refractivity contribution in [1.82, 2.24) is 0 Å². The average molecular weight is 364 g/mol. The molecule has 3 N–H and O–H groups in total. The highest BCUT2D eigenvalue weighted by Gasteiger charge is 2.11. The van der Waals surface area contributed by atoms with Crippen LogP contribution >= 0.6 is 31.9 Å². The van der Waals surface area contributed by atoms with E-state index in [9.17, 15) is 4.79 Å². The maximum Gasteiger partial charge on any atom is 0.224 e. The number of rotatable bonds is 5. The van der Waals surface area contributed by atoms with Crippen molar-refractivity contribution in [2.75, 3.05) is 11.9 Å². The van der Waals surface area contributed by atoms with Crippen molar-refractivity contribution >= 4 is 43.5 Å². The van der Waals surface area contributed by atoms with Gasteiger partial charge in [0.25, 0.3) is 0 Å². The normalized spacial score (nSPS) is 12.2. The van der Waals surface area contributed by atoms with Gasteiger partial charge >= 0.3 is 0 Å². The second-order valence-electron chi connectivity index (χ2n) is 3.89. The second kappa shape index (κ2) is 7.13. The van der Waals surface area contributed by atoms with E-state index in [1.54, 1.807) is 0 Å². The van der Waals surface area contributed by atoms with Gasteiger partial charge in [-0.1, -0.05) is 29.3 Å². The molecule has 0 bridgehead atoms. The highest BCUT2D eigenvalue weighted by Crippen LogP contribution is 2.26. The molecule has 0 aliphatic rings. The quantitative estimate of drug-likeness (QED) is 0.840. The lowest BCUT2D eigenvalue weighted by Crippen LogP contribution is -2.21. The first kappa shape index (κ1) is 14.7. The van der Waals surface area contributed by atoms with Gasteiger partial charge in [0, 0.05) is 15.4 Å². The fourth-order valence-electron chi connectivity index (χ4n) is 1.45. The van der Waals surface area contributed by atoms with E-state index in [0.717, 1.165) is 21.1 Å². The van der Waals surface area contributed by atoms with Crippen molar-refractivity contribution in [2.45, 2.75) is 19.8 Å². The minimum atomic E-state index is 0.00493. The van der Waals surface area contributed by atoms with E-state index < -0.39 is 0 Å². The van der Waals surface area contributed by atoms with Gasteiger partial charge in [-0.15, -0.1) is 0 Å². The number of nitrogens with two attached hydrogens (primary N) is 1. The lowest BCUT2D eigenvalue weighted by atomic mass is 10.0. The Kier molecular flexibility index (Phi) is 6.16. The SMILES string of the molecule is CCC(CN)CC(=O)Nc1ccc(Br)cc1Br. The van der Waals surface area contributed by atoms with E-state index in [4.69, 9.17) is 5.73 Å². The zero-order valence-electron chi connectivity index (χ0n) is 9.67. The molecule has 0 aromatic heterocycles. The van der Waals surface area contributed by atoms with E-state index in [1.807, 2.05) is 25.1 Å². The molecule has 1 aromatic carbocycles. The molecule has 1 atom stereocenters. The van der Waals surface area contributed by atoms with Gasteiger partial charge < -0.3 is 11.1 Å². The van der Waals surface area contributed by atoms with Crippen LogP contribution in [0.15, 0.2) is 27.1 Å². The van der Waals surface area contributed by atoms with Crippen molar-refractivity contribution in [2.24, 2.45) is 11.7 Å².